The van der Waals surface area contributed by atoms with E-state index < -0.39 is 0 Å². The van der Waals surface area contributed by atoms with Gasteiger partial charge in [-0.3, -0.25) is 9.48 Å². The van der Waals surface area contributed by atoms with Crippen molar-refractivity contribution in [3.8, 4) is 0 Å². The van der Waals surface area contributed by atoms with Gasteiger partial charge < -0.3 is 10.6 Å². The van der Waals surface area contributed by atoms with Gasteiger partial charge in [-0.05, 0) is 25.8 Å². The highest BCUT2D eigenvalue weighted by molar-refractivity contribution is 5.76. The quantitative estimate of drug-likeness (QED) is 0.699. The number of hydrogen-bond donors (Lipinski definition) is 2. The van der Waals surface area contributed by atoms with Crippen LogP contribution >= 0.6 is 0 Å². The van der Waals surface area contributed by atoms with Crippen LogP contribution in [0.2, 0.25) is 0 Å². The van der Waals surface area contributed by atoms with Crippen molar-refractivity contribution in [2.75, 3.05) is 6.54 Å². The Bertz CT molecular complexity index is 400. The summed E-state index contributed by atoms with van der Waals surface area (Å²) in [6, 6.07) is 2.36. The van der Waals surface area contributed by atoms with Gasteiger partial charge in [-0.2, -0.15) is 5.10 Å². The monoisotopic (exact) mass is 266 g/mol. The normalized spacial score (nSPS) is 12.4. The van der Waals surface area contributed by atoms with Gasteiger partial charge in [0.2, 0.25) is 5.91 Å². The molecule has 2 N–H and O–H groups in total. The average molecular weight is 266 g/mol. The second-order valence-corrected chi connectivity index (χ2v) is 4.91. The van der Waals surface area contributed by atoms with Crippen LogP contribution in [0, 0.1) is 0 Å². The van der Waals surface area contributed by atoms with E-state index in [9.17, 15) is 4.79 Å². The van der Waals surface area contributed by atoms with E-state index >= 15 is 0 Å². The third-order valence-corrected chi connectivity index (χ3v) is 3.24. The maximum Gasteiger partial charge on any atom is 0.221 e. The molecule has 5 heteroatoms. The van der Waals surface area contributed by atoms with Gasteiger partial charge in [-0.25, -0.2) is 0 Å². The van der Waals surface area contributed by atoms with Crippen molar-refractivity contribution < 1.29 is 4.79 Å². The Kier molecular flexibility index (Phi) is 6.56. The molecule has 0 aliphatic heterocycles. The van der Waals surface area contributed by atoms with E-state index in [2.05, 4.69) is 35.6 Å². The molecular formula is C14H26N4O. The first kappa shape index (κ1) is 15.7. The maximum atomic E-state index is 11.6. The summed E-state index contributed by atoms with van der Waals surface area (Å²) in [6.07, 6.45) is 2.43. The number of rotatable bonds is 8. The number of carbonyl (C=O) groups excluding carboxylic acids is 1. The summed E-state index contributed by atoms with van der Waals surface area (Å²) in [6.45, 7) is 7.62. The summed E-state index contributed by atoms with van der Waals surface area (Å²) in [4.78, 5) is 11.6. The van der Waals surface area contributed by atoms with Gasteiger partial charge in [-0.15, -0.1) is 0 Å². The minimum atomic E-state index is 0.112. The number of amides is 1. The van der Waals surface area contributed by atoms with Gasteiger partial charge in [0.05, 0.1) is 11.4 Å². The van der Waals surface area contributed by atoms with Gasteiger partial charge >= 0.3 is 0 Å². The Balaban J connectivity index is 2.23. The van der Waals surface area contributed by atoms with Gasteiger partial charge in [0, 0.05) is 32.6 Å². The van der Waals surface area contributed by atoms with Crippen molar-refractivity contribution in [2.45, 2.75) is 52.6 Å². The predicted octanol–water partition coefficient (Wildman–Crippen LogP) is 1.38. The topological polar surface area (TPSA) is 59.0 Å². The first-order valence-corrected chi connectivity index (χ1v) is 7.08. The Hall–Kier alpha value is -1.36. The Morgan fingerprint density at radius 2 is 2.21 bits per heavy atom. The summed E-state index contributed by atoms with van der Waals surface area (Å²) in [7, 11) is 1.95. The molecule has 0 aromatic carbocycles. The summed E-state index contributed by atoms with van der Waals surface area (Å²) in [5, 5.41) is 10.6. The highest BCUT2D eigenvalue weighted by atomic mass is 16.1. The molecule has 0 saturated carbocycles. The second-order valence-electron chi connectivity index (χ2n) is 4.91. The van der Waals surface area contributed by atoms with Crippen molar-refractivity contribution in [3.63, 3.8) is 0 Å². The molecule has 0 saturated heterocycles. The molecule has 0 spiro atoms. The fourth-order valence-corrected chi connectivity index (χ4v) is 1.78. The lowest BCUT2D eigenvalue weighted by atomic mass is 10.2. The Morgan fingerprint density at radius 3 is 2.79 bits per heavy atom. The van der Waals surface area contributed by atoms with Crippen molar-refractivity contribution in [3.05, 3.63) is 17.5 Å². The fourth-order valence-electron chi connectivity index (χ4n) is 1.78. The molecule has 1 aromatic rings. The molecule has 0 fully saturated rings. The largest absolute Gasteiger partial charge is 0.354 e. The van der Waals surface area contributed by atoms with Crippen LogP contribution in [0.3, 0.4) is 0 Å². The summed E-state index contributed by atoms with van der Waals surface area (Å²) in [5.41, 5.74) is 2.26. The standard InChI is InChI=1S/C14H26N4O/c1-5-11(3)16-14(19)7-8-15-10-13-9-12(6-2)17-18(13)4/h9,11,15H,5-8,10H2,1-4H3,(H,16,19). The lowest BCUT2D eigenvalue weighted by Gasteiger charge is -2.11. The van der Waals surface area contributed by atoms with E-state index in [0.717, 1.165) is 30.8 Å². The number of nitrogens with zero attached hydrogens (tertiary/aromatic N) is 2. The number of aryl methyl sites for hydroxylation is 2. The molecule has 19 heavy (non-hydrogen) atoms. The average Bonchev–Trinajstić information content (AvgIpc) is 2.75. The van der Waals surface area contributed by atoms with Crippen molar-refractivity contribution in [1.29, 1.82) is 0 Å². The molecule has 1 heterocycles. The van der Waals surface area contributed by atoms with Gasteiger partial charge in [0.1, 0.15) is 0 Å². The number of aromatic nitrogens is 2. The van der Waals surface area contributed by atoms with Gasteiger partial charge in [0.25, 0.3) is 0 Å². The summed E-state index contributed by atoms with van der Waals surface area (Å²) in [5.74, 6) is 0.112. The van der Waals surface area contributed by atoms with Crippen molar-refractivity contribution in [2.24, 2.45) is 7.05 Å². The van der Waals surface area contributed by atoms with Gasteiger partial charge in [-0.1, -0.05) is 13.8 Å². The minimum absolute atomic E-state index is 0.112. The van der Waals surface area contributed by atoms with Crippen molar-refractivity contribution in [1.82, 2.24) is 20.4 Å². The predicted molar refractivity (Wildman–Crippen MR) is 76.8 cm³/mol. The Morgan fingerprint density at radius 1 is 1.47 bits per heavy atom. The maximum absolute atomic E-state index is 11.6. The van der Waals surface area contributed by atoms with Crippen LogP contribution < -0.4 is 10.6 Å². The zero-order valence-electron chi connectivity index (χ0n) is 12.5. The number of hydrogen-bond acceptors (Lipinski definition) is 3. The molecule has 0 radical (unpaired) electrons. The highest BCUT2D eigenvalue weighted by Gasteiger charge is 2.06. The Labute approximate surface area is 115 Å². The molecule has 1 rings (SSSR count). The fraction of sp³-hybridized carbons (Fsp3) is 0.714. The summed E-state index contributed by atoms with van der Waals surface area (Å²) >= 11 is 0. The second kappa shape index (κ2) is 7.94. The van der Waals surface area contributed by atoms with Gasteiger partial charge in [0.15, 0.2) is 0 Å². The molecular weight excluding hydrogens is 240 g/mol. The lowest BCUT2D eigenvalue weighted by Crippen LogP contribution is -2.34. The van der Waals surface area contributed by atoms with Crippen LogP contribution in [-0.2, 0) is 24.8 Å². The van der Waals surface area contributed by atoms with Crippen LogP contribution in [0.4, 0.5) is 0 Å². The SMILES string of the molecule is CCc1cc(CNCCC(=O)NC(C)CC)n(C)n1. The van der Waals surface area contributed by atoms with E-state index in [0.29, 0.717) is 13.0 Å². The van der Waals surface area contributed by atoms with Crippen LogP contribution in [-0.4, -0.2) is 28.3 Å². The lowest BCUT2D eigenvalue weighted by molar-refractivity contribution is -0.121. The van der Waals surface area contributed by atoms with E-state index in [1.807, 2.05) is 18.7 Å². The van der Waals surface area contributed by atoms with E-state index in [1.165, 1.54) is 0 Å². The number of carbonyl (C=O) groups is 1. The molecule has 1 unspecified atom stereocenters. The highest BCUT2D eigenvalue weighted by Crippen LogP contribution is 2.03. The smallest absolute Gasteiger partial charge is 0.221 e. The van der Waals surface area contributed by atoms with Crippen LogP contribution in [0.1, 0.15) is 45.0 Å². The molecule has 5 nitrogen and oxygen atoms in total. The molecule has 0 aliphatic carbocycles. The zero-order chi connectivity index (χ0) is 14.3. The minimum Gasteiger partial charge on any atom is -0.354 e. The first-order valence-electron chi connectivity index (χ1n) is 7.08. The molecule has 108 valence electrons. The molecule has 1 amide bonds. The van der Waals surface area contributed by atoms with Crippen LogP contribution in [0.5, 0.6) is 0 Å². The molecule has 1 aromatic heterocycles. The summed E-state index contributed by atoms with van der Waals surface area (Å²) < 4.78 is 1.89. The van der Waals surface area contributed by atoms with Crippen molar-refractivity contribution >= 4 is 5.91 Å². The van der Waals surface area contributed by atoms with E-state index in [4.69, 9.17) is 0 Å². The zero-order valence-corrected chi connectivity index (χ0v) is 12.5. The molecule has 1 atom stereocenters. The van der Waals surface area contributed by atoms with E-state index in [1.54, 1.807) is 0 Å². The van der Waals surface area contributed by atoms with Crippen LogP contribution in [0.25, 0.3) is 0 Å². The third kappa shape index (κ3) is 5.42. The molecule has 0 aliphatic rings. The third-order valence-electron chi connectivity index (χ3n) is 3.24. The number of nitrogens with one attached hydrogen (secondary N) is 2. The molecule has 0 bridgehead atoms. The first-order chi connectivity index (χ1) is 9.06. The van der Waals surface area contributed by atoms with E-state index in [-0.39, 0.29) is 11.9 Å². The van der Waals surface area contributed by atoms with Crippen LogP contribution in [0.15, 0.2) is 6.07 Å².